The van der Waals surface area contributed by atoms with E-state index in [1.54, 1.807) is 0 Å². The van der Waals surface area contributed by atoms with E-state index in [4.69, 9.17) is 14.2 Å². The molecule has 0 aliphatic heterocycles. The minimum atomic E-state index is -0.434. The fourth-order valence-electron chi connectivity index (χ4n) is 9.42. The quantitative estimate of drug-likeness (QED) is 0.412. The fourth-order valence-corrected chi connectivity index (χ4v) is 9.42. The maximum absolute atomic E-state index is 12.2. The summed E-state index contributed by atoms with van der Waals surface area (Å²) in [6.07, 6.45) is 6.59. The molecule has 1 N–H and O–H groups in total. The van der Waals surface area contributed by atoms with Crippen molar-refractivity contribution in [1.29, 1.82) is 0 Å². The number of hydrogen-bond donors (Lipinski definition) is 1. The van der Waals surface area contributed by atoms with Gasteiger partial charge in [0.25, 0.3) is 0 Å². The molecule has 0 saturated heterocycles. The van der Waals surface area contributed by atoms with Crippen molar-refractivity contribution in [3.05, 3.63) is 0 Å². The van der Waals surface area contributed by atoms with Gasteiger partial charge in [0.1, 0.15) is 12.2 Å². The van der Waals surface area contributed by atoms with Crippen LogP contribution in [0.1, 0.15) is 92.4 Å². The molecule has 0 aromatic carbocycles. The predicted molar refractivity (Wildman–Crippen MR) is 134 cm³/mol. The Morgan fingerprint density at radius 1 is 0.972 bits per heavy atom. The van der Waals surface area contributed by atoms with Gasteiger partial charge >= 0.3 is 17.9 Å². The Hall–Kier alpha value is -1.63. The zero-order chi connectivity index (χ0) is 26.4. The number of hydrogen-bond acceptors (Lipinski definition) is 7. The topological polar surface area (TPSA) is 99.1 Å². The molecule has 0 radical (unpaired) electrons. The molecule has 0 amide bonds. The number of aliphatic hydroxyl groups excluding tert-OH is 1. The Labute approximate surface area is 216 Å². The molecule has 0 aromatic rings. The van der Waals surface area contributed by atoms with Crippen LogP contribution in [0, 0.1) is 46.3 Å². The molecule has 204 valence electrons. The highest BCUT2D eigenvalue weighted by Crippen LogP contribution is 2.68. The molecule has 0 bridgehead atoms. The lowest BCUT2D eigenvalue weighted by Gasteiger charge is -2.64. The highest BCUT2D eigenvalue weighted by Gasteiger charge is 2.66. The van der Waals surface area contributed by atoms with Gasteiger partial charge in [-0.25, -0.2) is 0 Å². The van der Waals surface area contributed by atoms with E-state index in [-0.39, 0.29) is 64.6 Å². The SMILES string of the molecule is COC(=O)CC[C@@H](C)[C@H]1CC[C@H]2[C@@H]3[C@H](OC(C)=O)CC4C[C@H](OC(C)=O)CC[C@]4(C)[C@H]3C[C@H](O)[C@]12C. The van der Waals surface area contributed by atoms with E-state index in [0.29, 0.717) is 24.7 Å². The molecule has 36 heavy (non-hydrogen) atoms. The summed E-state index contributed by atoms with van der Waals surface area (Å²) in [4.78, 5) is 35.7. The molecule has 0 aromatic heterocycles. The van der Waals surface area contributed by atoms with E-state index in [2.05, 4.69) is 20.8 Å². The smallest absolute Gasteiger partial charge is 0.305 e. The van der Waals surface area contributed by atoms with E-state index in [1.807, 2.05) is 0 Å². The summed E-state index contributed by atoms with van der Waals surface area (Å²) < 4.78 is 16.5. The van der Waals surface area contributed by atoms with E-state index in [9.17, 15) is 19.5 Å². The van der Waals surface area contributed by atoms with Crippen LogP contribution in [-0.2, 0) is 28.6 Å². The van der Waals surface area contributed by atoms with Crippen molar-refractivity contribution in [2.24, 2.45) is 46.3 Å². The van der Waals surface area contributed by atoms with Gasteiger partial charge < -0.3 is 19.3 Å². The highest BCUT2D eigenvalue weighted by atomic mass is 16.5. The molecule has 7 heteroatoms. The lowest BCUT2D eigenvalue weighted by atomic mass is 9.43. The number of fused-ring (bicyclic) bond motifs is 5. The fraction of sp³-hybridized carbons (Fsp3) is 0.897. The Bertz CT molecular complexity index is 857. The Kier molecular flexibility index (Phi) is 7.81. The summed E-state index contributed by atoms with van der Waals surface area (Å²) in [5.74, 6) is 0.965. The van der Waals surface area contributed by atoms with Gasteiger partial charge in [-0.2, -0.15) is 0 Å². The molecule has 4 rings (SSSR count). The molecule has 1 unspecified atom stereocenters. The summed E-state index contributed by atoms with van der Waals surface area (Å²) >= 11 is 0. The second-order valence-corrected chi connectivity index (χ2v) is 12.8. The second kappa shape index (κ2) is 10.3. The number of ether oxygens (including phenoxy) is 3. The van der Waals surface area contributed by atoms with Crippen LogP contribution in [-0.4, -0.2) is 48.4 Å². The third-order valence-corrected chi connectivity index (χ3v) is 11.2. The maximum atomic E-state index is 12.2. The molecule has 4 aliphatic rings. The van der Waals surface area contributed by atoms with Crippen molar-refractivity contribution >= 4 is 17.9 Å². The van der Waals surface area contributed by atoms with Crippen LogP contribution >= 0.6 is 0 Å². The lowest BCUT2D eigenvalue weighted by molar-refractivity contribution is -0.218. The first-order valence-electron chi connectivity index (χ1n) is 14.0. The van der Waals surface area contributed by atoms with Gasteiger partial charge in [-0.1, -0.05) is 20.8 Å². The first kappa shape index (κ1) is 27.4. The van der Waals surface area contributed by atoms with E-state index in [0.717, 1.165) is 44.9 Å². The number of carbonyl (C=O) groups is 3. The molecular weight excluding hydrogens is 460 g/mol. The van der Waals surface area contributed by atoms with Gasteiger partial charge in [0.2, 0.25) is 0 Å². The number of carbonyl (C=O) groups excluding carboxylic acids is 3. The van der Waals surface area contributed by atoms with Crippen LogP contribution in [0.4, 0.5) is 0 Å². The van der Waals surface area contributed by atoms with Gasteiger partial charge in [0, 0.05) is 26.2 Å². The normalized spacial score (nSPS) is 44.4. The van der Waals surface area contributed by atoms with Gasteiger partial charge in [-0.05, 0) is 91.8 Å². The third-order valence-electron chi connectivity index (χ3n) is 11.2. The lowest BCUT2D eigenvalue weighted by Crippen LogP contribution is -2.63. The van der Waals surface area contributed by atoms with Crippen molar-refractivity contribution in [2.45, 2.75) is 111 Å². The summed E-state index contributed by atoms with van der Waals surface area (Å²) in [7, 11) is 1.43. The van der Waals surface area contributed by atoms with E-state index >= 15 is 0 Å². The minimum Gasteiger partial charge on any atom is -0.469 e. The Morgan fingerprint density at radius 2 is 1.67 bits per heavy atom. The van der Waals surface area contributed by atoms with Gasteiger partial charge in [0.15, 0.2) is 0 Å². The van der Waals surface area contributed by atoms with Crippen LogP contribution in [0.5, 0.6) is 0 Å². The van der Waals surface area contributed by atoms with Gasteiger partial charge in [0.05, 0.1) is 13.2 Å². The average molecular weight is 507 g/mol. The monoisotopic (exact) mass is 506 g/mol. The van der Waals surface area contributed by atoms with Crippen LogP contribution in [0.2, 0.25) is 0 Å². The standard InChI is InChI=1S/C29H46O7/c1-16(7-10-26(33)34-6)21-8-9-22-27-23(15-25(32)29(21,22)5)28(4)12-11-20(35-17(2)30)13-19(28)14-24(27)36-18(3)31/h16,19-25,27,32H,7-15H2,1-6H3/t16-,19?,20-,21-,22+,23+,24-,25+,27+,28+,29-/m1/s1. The summed E-state index contributed by atoms with van der Waals surface area (Å²) in [6.45, 7) is 9.78. The summed E-state index contributed by atoms with van der Waals surface area (Å²) in [5, 5.41) is 11.8. The molecule has 4 fully saturated rings. The van der Waals surface area contributed by atoms with Crippen molar-refractivity contribution in [3.8, 4) is 0 Å². The van der Waals surface area contributed by atoms with Crippen LogP contribution in [0.25, 0.3) is 0 Å². The molecule has 7 nitrogen and oxygen atoms in total. The molecule has 11 atom stereocenters. The second-order valence-electron chi connectivity index (χ2n) is 12.8. The summed E-state index contributed by atoms with van der Waals surface area (Å²) in [6, 6.07) is 0. The molecule has 4 aliphatic carbocycles. The Balaban J connectivity index is 1.62. The van der Waals surface area contributed by atoms with Crippen molar-refractivity contribution in [2.75, 3.05) is 7.11 Å². The molecule has 0 spiro atoms. The van der Waals surface area contributed by atoms with Crippen molar-refractivity contribution in [1.82, 2.24) is 0 Å². The van der Waals surface area contributed by atoms with Gasteiger partial charge in [-0.3, -0.25) is 14.4 Å². The number of esters is 3. The van der Waals surface area contributed by atoms with Crippen molar-refractivity contribution < 1.29 is 33.7 Å². The highest BCUT2D eigenvalue weighted by molar-refractivity contribution is 5.69. The zero-order valence-corrected chi connectivity index (χ0v) is 23.0. The molecule has 0 heterocycles. The summed E-state index contributed by atoms with van der Waals surface area (Å²) in [5.41, 5.74) is -0.248. The van der Waals surface area contributed by atoms with Gasteiger partial charge in [-0.15, -0.1) is 0 Å². The molecule has 4 saturated carbocycles. The largest absolute Gasteiger partial charge is 0.469 e. The van der Waals surface area contributed by atoms with Crippen LogP contribution in [0.15, 0.2) is 0 Å². The van der Waals surface area contributed by atoms with Crippen molar-refractivity contribution in [3.63, 3.8) is 0 Å². The number of methoxy groups -OCH3 is 1. The van der Waals surface area contributed by atoms with E-state index in [1.165, 1.54) is 21.0 Å². The number of rotatable bonds is 6. The third kappa shape index (κ3) is 4.69. The van der Waals surface area contributed by atoms with E-state index < -0.39 is 6.10 Å². The molecular formula is C29H46O7. The number of aliphatic hydroxyl groups is 1. The first-order valence-corrected chi connectivity index (χ1v) is 14.0. The first-order chi connectivity index (χ1) is 16.9. The zero-order valence-electron chi connectivity index (χ0n) is 23.0. The van der Waals surface area contributed by atoms with Crippen LogP contribution in [0.3, 0.4) is 0 Å². The minimum absolute atomic E-state index is 0.0227. The average Bonchev–Trinajstić information content (AvgIpc) is 3.16. The predicted octanol–water partition coefficient (Wildman–Crippen LogP) is 4.68. The van der Waals surface area contributed by atoms with Crippen LogP contribution < -0.4 is 0 Å². The Morgan fingerprint density at radius 3 is 2.31 bits per heavy atom. The maximum Gasteiger partial charge on any atom is 0.305 e.